The van der Waals surface area contributed by atoms with E-state index in [1.807, 2.05) is 30.3 Å². The summed E-state index contributed by atoms with van der Waals surface area (Å²) in [5.74, 6) is -1.72. The maximum Gasteiger partial charge on any atom is 0 e. The van der Waals surface area contributed by atoms with Crippen LogP contribution in [0.25, 0.3) is 0 Å². The Labute approximate surface area is 160 Å². The summed E-state index contributed by atoms with van der Waals surface area (Å²) in [6, 6.07) is 10.0. The summed E-state index contributed by atoms with van der Waals surface area (Å²) in [4.78, 5) is 0. The van der Waals surface area contributed by atoms with E-state index in [9.17, 15) is 26.3 Å². The number of rotatable bonds is 0. The van der Waals surface area contributed by atoms with Gasteiger partial charge in [-0.25, -0.2) is 12.1 Å². The third-order valence-electron chi connectivity index (χ3n) is 2.80. The van der Waals surface area contributed by atoms with Gasteiger partial charge >= 0.3 is 46.3 Å². The number of halogens is 6. The van der Waals surface area contributed by atoms with Gasteiger partial charge in [0.1, 0.15) is 0 Å². The molecule has 4 nitrogen and oxygen atoms in total. The topological polar surface area (TPSA) is 68.9 Å². The molecule has 2 rings (SSSR count). The van der Waals surface area contributed by atoms with Gasteiger partial charge in [-0.2, -0.15) is 44.5 Å². The Morgan fingerprint density at radius 2 is 1.27 bits per heavy atom. The van der Waals surface area contributed by atoms with E-state index in [4.69, 9.17) is 14.0 Å². The minimum absolute atomic E-state index is 0. The zero-order valence-corrected chi connectivity index (χ0v) is 16.0. The Kier molecular flexibility index (Phi) is 20.0. The molecule has 146 valence electrons. The van der Waals surface area contributed by atoms with E-state index in [2.05, 4.69) is 24.7 Å². The second kappa shape index (κ2) is 16.0. The standard InChI is InChI=1S/C7H7F6O.C5H5.3CO.W/c1-4-2-3-14-5(4,6(8,9)10)7(11,12)13;1-2-4-5-3-1;3*1-2;/h2,4H,3H2,1H3;1-5H;;;;/q2*-1;;;;. The first kappa shape index (κ1) is 32.5. The fourth-order valence-electron chi connectivity index (χ4n) is 1.78. The zero-order valence-electron chi connectivity index (χ0n) is 13.1. The molecular formula is C15H12F6O4W-2. The number of hydrogen-bond donors (Lipinski definition) is 0. The fourth-order valence-corrected chi connectivity index (χ4v) is 1.78. The normalized spacial score (nSPS) is 16.9. The van der Waals surface area contributed by atoms with Crippen molar-refractivity contribution in [3.8, 4) is 0 Å². The monoisotopic (exact) mass is 554 g/mol. The van der Waals surface area contributed by atoms with Gasteiger partial charge in [0.05, 0.1) is 0 Å². The molecule has 0 spiro atoms. The summed E-state index contributed by atoms with van der Waals surface area (Å²) in [6.07, 6.45) is -10.0. The Morgan fingerprint density at radius 3 is 1.38 bits per heavy atom. The van der Waals surface area contributed by atoms with E-state index in [0.29, 0.717) is 0 Å². The van der Waals surface area contributed by atoms with Gasteiger partial charge in [-0.1, -0.05) is 13.5 Å². The van der Waals surface area contributed by atoms with E-state index in [-0.39, 0.29) is 21.1 Å². The van der Waals surface area contributed by atoms with Crippen molar-refractivity contribution in [3.63, 3.8) is 0 Å². The molecule has 0 bridgehead atoms. The van der Waals surface area contributed by atoms with E-state index < -0.39 is 30.5 Å². The van der Waals surface area contributed by atoms with Crippen molar-refractivity contribution in [3.05, 3.63) is 56.7 Å². The first-order valence-corrected chi connectivity index (χ1v) is 6.01. The van der Waals surface area contributed by atoms with Crippen molar-refractivity contribution in [2.75, 3.05) is 6.61 Å². The van der Waals surface area contributed by atoms with Gasteiger partial charge in [0, 0.05) is 21.1 Å². The molecule has 1 saturated heterocycles. The van der Waals surface area contributed by atoms with Crippen LogP contribution in [0.4, 0.5) is 26.3 Å². The summed E-state index contributed by atoms with van der Waals surface area (Å²) >= 11 is 0. The Balaban J connectivity index is -0.000000168. The molecule has 1 heterocycles. The third-order valence-corrected chi connectivity index (χ3v) is 2.80. The van der Waals surface area contributed by atoms with Crippen LogP contribution in [0.1, 0.15) is 6.92 Å². The van der Waals surface area contributed by atoms with Gasteiger partial charge in [0.25, 0.3) is 0 Å². The van der Waals surface area contributed by atoms with Gasteiger partial charge in [-0.05, 0) is 0 Å². The third kappa shape index (κ3) is 8.95. The van der Waals surface area contributed by atoms with Crippen LogP contribution in [0.3, 0.4) is 0 Å². The first-order chi connectivity index (χ1) is 11.6. The van der Waals surface area contributed by atoms with Crippen LogP contribution in [0, 0.1) is 32.3 Å². The minimum Gasteiger partial charge on any atom is -0.214 e. The average molecular weight is 554 g/mol. The van der Waals surface area contributed by atoms with Crippen LogP contribution in [0.2, 0.25) is 0 Å². The smallest absolute Gasteiger partial charge is 0 e. The summed E-state index contributed by atoms with van der Waals surface area (Å²) in [5, 5.41) is 0. The van der Waals surface area contributed by atoms with Crippen LogP contribution in [0.5, 0.6) is 0 Å². The zero-order chi connectivity index (χ0) is 20.7. The molecule has 0 radical (unpaired) electrons. The quantitative estimate of drug-likeness (QED) is 0.272. The van der Waals surface area contributed by atoms with Crippen molar-refractivity contribution in [1.82, 2.24) is 0 Å². The molecular weight excluding hydrogens is 542 g/mol. The molecule has 1 fully saturated rings. The van der Waals surface area contributed by atoms with Gasteiger partial charge in [0.15, 0.2) is 0 Å². The second-order valence-corrected chi connectivity index (χ2v) is 4.03. The van der Waals surface area contributed by atoms with Crippen LogP contribution in [-0.4, -0.2) is 24.6 Å². The van der Waals surface area contributed by atoms with Crippen molar-refractivity contribution in [2.45, 2.75) is 24.9 Å². The molecule has 0 aromatic heterocycles. The molecule has 1 aromatic carbocycles. The van der Waals surface area contributed by atoms with Crippen molar-refractivity contribution < 1.29 is 66.1 Å². The van der Waals surface area contributed by atoms with Gasteiger partial charge in [-0.15, -0.1) is 5.92 Å². The summed E-state index contributed by atoms with van der Waals surface area (Å²) in [5.41, 5.74) is -4.03. The molecule has 1 aliphatic rings. The van der Waals surface area contributed by atoms with E-state index in [1.165, 1.54) is 0 Å². The van der Waals surface area contributed by atoms with E-state index in [1.54, 1.807) is 0 Å². The second-order valence-electron chi connectivity index (χ2n) is 4.03. The SMILES string of the molecule is CC1[CH-]COC1(C(F)(F)F)C(F)(F)F.[C-]#[O+].[C-]#[O+].[C-]#[O+].[W].c1cc[cH-]c1. The van der Waals surface area contributed by atoms with Gasteiger partial charge in [0.2, 0.25) is 5.60 Å². The maximum atomic E-state index is 12.3. The van der Waals surface area contributed by atoms with Crippen molar-refractivity contribution >= 4 is 0 Å². The van der Waals surface area contributed by atoms with Gasteiger partial charge < -0.3 is 4.74 Å². The molecule has 1 unspecified atom stereocenters. The van der Waals surface area contributed by atoms with Crippen molar-refractivity contribution in [1.29, 1.82) is 0 Å². The number of hydrogen-bond acceptors (Lipinski definition) is 1. The summed E-state index contributed by atoms with van der Waals surface area (Å²) in [7, 11) is 0. The minimum atomic E-state index is -5.45. The molecule has 1 atom stereocenters. The average Bonchev–Trinajstić information content (AvgIpc) is 3.24. The van der Waals surface area contributed by atoms with Gasteiger partial charge in [-0.3, -0.25) is 6.42 Å². The Morgan fingerprint density at radius 1 is 0.923 bits per heavy atom. The largest absolute Gasteiger partial charge is 0.214 e. The maximum absolute atomic E-state index is 12.3. The Hall–Kier alpha value is -1.20. The number of ether oxygens (including phenoxy) is 1. The van der Waals surface area contributed by atoms with Crippen LogP contribution >= 0.6 is 0 Å². The van der Waals surface area contributed by atoms with Crippen molar-refractivity contribution in [2.24, 2.45) is 5.92 Å². The molecule has 11 heteroatoms. The Bertz CT molecular complexity index is 445. The van der Waals surface area contributed by atoms with Crippen LogP contribution in [0.15, 0.2) is 30.3 Å². The number of alkyl halides is 6. The first-order valence-electron chi connectivity index (χ1n) is 6.01. The molecule has 1 aromatic rings. The molecule has 0 N–H and O–H groups in total. The summed E-state index contributed by atoms with van der Waals surface area (Å²) < 4.78 is 100. The predicted octanol–water partition coefficient (Wildman–Crippen LogP) is 4.01. The van der Waals surface area contributed by atoms with E-state index in [0.717, 1.165) is 13.3 Å². The van der Waals surface area contributed by atoms with E-state index >= 15 is 0 Å². The fraction of sp³-hybridized carbons (Fsp3) is 0.400. The molecule has 26 heavy (non-hydrogen) atoms. The van der Waals surface area contributed by atoms with Crippen LogP contribution < -0.4 is 0 Å². The molecule has 0 saturated carbocycles. The summed E-state index contributed by atoms with van der Waals surface area (Å²) in [6.45, 7) is 13.7. The molecule has 0 aliphatic carbocycles. The molecule has 0 amide bonds. The molecule has 1 aliphatic heterocycles. The predicted molar refractivity (Wildman–Crippen MR) is 68.1 cm³/mol. The van der Waals surface area contributed by atoms with Crippen LogP contribution in [-0.2, 0) is 39.8 Å².